The predicted molar refractivity (Wildman–Crippen MR) is 75.4 cm³/mol. The first-order chi connectivity index (χ1) is 15.5. The Morgan fingerprint density at radius 1 is 0.944 bits per heavy atom. The fourth-order valence-corrected chi connectivity index (χ4v) is 2.60. The number of rotatable bonds is 3. The molecule has 0 aliphatic carbocycles. The molecular formula is C14H23O3P. The first-order valence-corrected chi connectivity index (χ1v) is 6.13. The third kappa shape index (κ3) is 4.93. The van der Waals surface area contributed by atoms with Gasteiger partial charge in [0, 0.05) is 24.7 Å². The van der Waals surface area contributed by atoms with Crippen LogP contribution >= 0.6 is 7.60 Å². The summed E-state index contributed by atoms with van der Waals surface area (Å²) in [6.45, 7) is -24.8. The van der Waals surface area contributed by atoms with Gasteiger partial charge >= 0.3 is 7.60 Å². The van der Waals surface area contributed by atoms with Gasteiger partial charge in [0.15, 0.2) is 0 Å². The van der Waals surface area contributed by atoms with Crippen LogP contribution in [0.1, 0.15) is 65.8 Å². The van der Waals surface area contributed by atoms with Gasteiger partial charge in [0.2, 0.25) is 0 Å². The molecule has 1 aromatic carbocycles. The Labute approximate surface area is 135 Å². The third-order valence-corrected chi connectivity index (χ3v) is 3.55. The quantitative estimate of drug-likeness (QED) is 0.784. The minimum atomic E-state index is -6.05. The highest BCUT2D eigenvalue weighted by molar-refractivity contribution is 7.62. The molecule has 0 radical (unpaired) electrons. The highest BCUT2D eigenvalue weighted by atomic mass is 31.2. The van der Waals surface area contributed by atoms with Crippen molar-refractivity contribution in [2.45, 2.75) is 52.3 Å². The molecule has 0 saturated heterocycles. The molecule has 0 bridgehead atoms. The van der Waals surface area contributed by atoms with Crippen molar-refractivity contribution in [2.24, 2.45) is 0 Å². The van der Waals surface area contributed by atoms with E-state index < -0.39 is 65.2 Å². The van der Waals surface area contributed by atoms with Crippen molar-refractivity contribution in [3.8, 4) is 0 Å². The van der Waals surface area contributed by atoms with Gasteiger partial charge in [0.25, 0.3) is 0 Å². The molecule has 0 atom stereocenters. The maximum atomic E-state index is 14.2. The average Bonchev–Trinajstić information content (AvgIpc) is 2.58. The number of hydrogen-bond acceptors (Lipinski definition) is 3. The summed E-state index contributed by atoms with van der Waals surface area (Å²) in [6, 6.07) is 5.04. The van der Waals surface area contributed by atoms with Crippen LogP contribution in [0, 0.1) is 0 Å². The second-order valence-electron chi connectivity index (χ2n) is 3.38. The van der Waals surface area contributed by atoms with Crippen molar-refractivity contribution in [3.63, 3.8) is 0 Å². The van der Waals surface area contributed by atoms with Crippen LogP contribution in [0.15, 0.2) is 30.3 Å². The molecule has 102 valence electrons. The molecule has 3 nitrogen and oxygen atoms in total. The lowest BCUT2D eigenvalue weighted by molar-refractivity contribution is 0.0548. The Morgan fingerprint density at radius 3 is 1.78 bits per heavy atom. The van der Waals surface area contributed by atoms with Gasteiger partial charge in [-0.15, -0.1) is 0 Å². The summed E-state index contributed by atoms with van der Waals surface area (Å²) >= 11 is 0. The van der Waals surface area contributed by atoms with Crippen LogP contribution in [0.25, 0.3) is 0 Å². The largest absolute Gasteiger partial charge is 0.362 e. The molecule has 0 aliphatic rings. The molecule has 0 amide bonds. The molecule has 0 N–H and O–H groups in total. The van der Waals surface area contributed by atoms with E-state index in [0.29, 0.717) is 0 Å². The van der Waals surface area contributed by atoms with Gasteiger partial charge in [0.1, 0.15) is 0 Å². The van der Waals surface area contributed by atoms with Crippen LogP contribution < -0.4 is 5.30 Å². The van der Waals surface area contributed by atoms with E-state index in [9.17, 15) is 4.57 Å². The SMILES string of the molecule is [2H]C([2H])([2H])C(OP(=O)(OC(C([2H])([2H])[2H])(C([2H])([2H])[2H])C([2H])([2H])[2H])c1ccccc1)(C([2H])([2H])[2H])C([2H])([2H])[2H]. The van der Waals surface area contributed by atoms with Crippen LogP contribution in [-0.2, 0) is 13.6 Å². The highest BCUT2D eigenvalue weighted by Gasteiger charge is 2.36. The zero-order chi connectivity index (χ0) is 29.0. The van der Waals surface area contributed by atoms with Gasteiger partial charge in [0.05, 0.1) is 16.5 Å². The van der Waals surface area contributed by atoms with E-state index in [4.69, 9.17) is 33.7 Å². The van der Waals surface area contributed by atoms with E-state index in [0.717, 1.165) is 24.3 Å². The van der Waals surface area contributed by atoms with Crippen molar-refractivity contribution < 1.29 is 38.3 Å². The summed E-state index contributed by atoms with van der Waals surface area (Å²) in [5.41, 5.74) is -8.69. The fourth-order valence-electron chi connectivity index (χ4n) is 1.10. The maximum Gasteiger partial charge on any atom is 0.362 e. The minimum absolute atomic E-state index is 0.799. The van der Waals surface area contributed by atoms with Crippen molar-refractivity contribution in [1.82, 2.24) is 0 Å². The standard InChI is InChI=1S/C14H23O3P/c1-13(2,3)16-18(15,17-14(4,5)6)12-10-8-7-9-11-12/h7-11H,1-6H3/i1D3,2D3,3D3,4D3,5D3,6D3. The van der Waals surface area contributed by atoms with E-state index in [2.05, 4.69) is 0 Å². The molecular weight excluding hydrogens is 247 g/mol. The Balaban J connectivity index is 4.26. The molecule has 0 spiro atoms. The van der Waals surface area contributed by atoms with Crippen LogP contribution in [0.3, 0.4) is 0 Å². The predicted octanol–water partition coefficient (Wildman–Crippen LogP) is 4.14. The maximum absolute atomic E-state index is 14.2. The van der Waals surface area contributed by atoms with Crippen LogP contribution in [0.2, 0.25) is 0 Å². The average molecular weight is 288 g/mol. The van der Waals surface area contributed by atoms with E-state index in [1.807, 2.05) is 0 Å². The van der Waals surface area contributed by atoms with Gasteiger partial charge in [-0.05, 0) is 53.2 Å². The molecule has 0 aliphatic heterocycles. The van der Waals surface area contributed by atoms with Crippen LogP contribution in [0.4, 0.5) is 0 Å². The lowest BCUT2D eigenvalue weighted by Crippen LogP contribution is -2.27. The van der Waals surface area contributed by atoms with Crippen molar-refractivity contribution >= 4 is 12.9 Å². The zero-order valence-electron chi connectivity index (χ0n) is 27.1. The Bertz CT molecular complexity index is 821. The van der Waals surface area contributed by atoms with Gasteiger partial charge < -0.3 is 0 Å². The number of hydrogen-bond donors (Lipinski definition) is 0. The summed E-state index contributed by atoms with van der Waals surface area (Å²) in [5.74, 6) is 0. The highest BCUT2D eigenvalue weighted by Crippen LogP contribution is 2.53. The lowest BCUT2D eigenvalue weighted by Gasteiger charge is -2.32. The van der Waals surface area contributed by atoms with E-state index >= 15 is 0 Å². The van der Waals surface area contributed by atoms with Crippen molar-refractivity contribution in [2.75, 3.05) is 0 Å². The summed E-state index contributed by atoms with van der Waals surface area (Å²) in [4.78, 5) is 0. The van der Waals surface area contributed by atoms with Crippen LogP contribution in [0.5, 0.6) is 0 Å². The van der Waals surface area contributed by atoms with Gasteiger partial charge in [-0.3, -0.25) is 13.6 Å². The number of benzene rings is 1. The van der Waals surface area contributed by atoms with Crippen LogP contribution in [-0.4, -0.2) is 11.2 Å². The molecule has 0 heterocycles. The summed E-state index contributed by atoms with van der Waals surface area (Å²) in [6.07, 6.45) is 0. The smallest absolute Gasteiger partial charge is 0.299 e. The van der Waals surface area contributed by atoms with E-state index in [-0.39, 0.29) is 0 Å². The molecule has 4 heteroatoms. The Morgan fingerprint density at radius 2 is 1.39 bits per heavy atom. The Kier molecular flexibility index (Phi) is 1.07. The second kappa shape index (κ2) is 5.16. The molecule has 0 aromatic heterocycles. The lowest BCUT2D eigenvalue weighted by atomic mass is 10.2. The fraction of sp³-hybridized carbons (Fsp3) is 0.571. The Hall–Kier alpha value is -0.630. The molecule has 0 saturated carbocycles. The monoisotopic (exact) mass is 288 g/mol. The molecule has 18 heavy (non-hydrogen) atoms. The summed E-state index contributed by atoms with van der Waals surface area (Å²) in [5, 5.41) is -0.894. The summed E-state index contributed by atoms with van der Waals surface area (Å²) < 4.78 is 162. The first kappa shape index (κ1) is 3.72. The van der Waals surface area contributed by atoms with Gasteiger partial charge in [-0.2, -0.15) is 0 Å². The van der Waals surface area contributed by atoms with E-state index in [1.54, 1.807) is 0 Å². The zero-order valence-corrected chi connectivity index (χ0v) is 9.95. The normalized spacial score (nSPS) is 32.7. The minimum Gasteiger partial charge on any atom is -0.299 e. The topological polar surface area (TPSA) is 35.5 Å². The third-order valence-electron chi connectivity index (χ3n) is 1.59. The first-order valence-electron chi connectivity index (χ1n) is 13.6. The molecule has 0 unspecified atom stereocenters. The van der Waals surface area contributed by atoms with E-state index in [1.165, 1.54) is 6.07 Å². The molecule has 1 rings (SSSR count). The summed E-state index contributed by atoms with van der Waals surface area (Å²) in [7, 11) is -6.05. The second-order valence-corrected chi connectivity index (χ2v) is 5.25. The van der Waals surface area contributed by atoms with Gasteiger partial charge in [-0.1, -0.05) is 18.2 Å². The van der Waals surface area contributed by atoms with Gasteiger partial charge in [-0.25, -0.2) is 0 Å². The van der Waals surface area contributed by atoms with Crippen molar-refractivity contribution in [1.29, 1.82) is 0 Å². The molecule has 1 aromatic rings. The van der Waals surface area contributed by atoms with Crippen molar-refractivity contribution in [3.05, 3.63) is 30.3 Å². The molecule has 0 fully saturated rings.